The molecule has 2 aromatic heterocycles. The molecule has 10 heteroatoms. The number of rotatable bonds is 3. The van der Waals surface area contributed by atoms with Crippen molar-refractivity contribution < 1.29 is 14.4 Å². The highest BCUT2D eigenvalue weighted by molar-refractivity contribution is 6.05. The highest BCUT2D eigenvalue weighted by Gasteiger charge is 2.40. The van der Waals surface area contributed by atoms with E-state index in [0.717, 1.165) is 11.3 Å². The van der Waals surface area contributed by atoms with Gasteiger partial charge in [-0.25, -0.2) is 4.68 Å². The highest BCUT2D eigenvalue weighted by Crippen LogP contribution is 2.31. The molecule has 1 N–H and O–H groups in total. The van der Waals surface area contributed by atoms with E-state index in [1.54, 1.807) is 27.7 Å². The van der Waals surface area contributed by atoms with Crippen molar-refractivity contribution in [1.82, 2.24) is 35.0 Å². The molecule has 1 aromatic carbocycles. The molecule has 3 aromatic rings. The van der Waals surface area contributed by atoms with Crippen LogP contribution in [0, 0.1) is 0 Å². The number of benzene rings is 1. The lowest BCUT2D eigenvalue weighted by atomic mass is 10.0. The van der Waals surface area contributed by atoms with E-state index in [4.69, 9.17) is 0 Å². The maximum atomic E-state index is 12.9. The Bertz CT molecular complexity index is 1160. The van der Waals surface area contributed by atoms with Gasteiger partial charge >= 0.3 is 0 Å². The summed E-state index contributed by atoms with van der Waals surface area (Å²) in [5.74, 6) is -0.954. The number of nitrogens with zero attached hydrogens (tertiary/aromatic N) is 6. The van der Waals surface area contributed by atoms with Crippen LogP contribution >= 0.6 is 0 Å². The first kappa shape index (κ1) is 17.3. The second-order valence-electron chi connectivity index (χ2n) is 7.13. The Hall–Kier alpha value is -3.82. The van der Waals surface area contributed by atoms with Crippen LogP contribution < -0.4 is 5.32 Å². The average Bonchev–Trinajstić information content (AvgIpc) is 3.41. The summed E-state index contributed by atoms with van der Waals surface area (Å²) in [5, 5.41) is 15.0. The van der Waals surface area contributed by atoms with Gasteiger partial charge in [-0.2, -0.15) is 5.10 Å². The van der Waals surface area contributed by atoms with Crippen LogP contribution in [0.15, 0.2) is 36.7 Å². The molecular formula is C19H17N7O3. The summed E-state index contributed by atoms with van der Waals surface area (Å²) < 4.78 is 3.30. The van der Waals surface area contributed by atoms with Gasteiger partial charge in [-0.15, -0.1) is 5.10 Å². The minimum Gasteiger partial charge on any atom is -0.322 e. The fourth-order valence-electron chi connectivity index (χ4n) is 3.83. The minimum atomic E-state index is -0.653. The first-order valence-corrected chi connectivity index (χ1v) is 9.20. The summed E-state index contributed by atoms with van der Waals surface area (Å²) in [4.78, 5) is 38.1. The van der Waals surface area contributed by atoms with Crippen molar-refractivity contribution in [3.05, 3.63) is 47.8 Å². The van der Waals surface area contributed by atoms with Crippen LogP contribution in [0.1, 0.15) is 28.8 Å². The van der Waals surface area contributed by atoms with Gasteiger partial charge in [-0.3, -0.25) is 24.4 Å². The van der Waals surface area contributed by atoms with Crippen molar-refractivity contribution in [3.63, 3.8) is 0 Å². The average molecular weight is 391 g/mol. The zero-order valence-corrected chi connectivity index (χ0v) is 15.6. The molecule has 1 fully saturated rings. The zero-order valence-electron chi connectivity index (χ0n) is 15.6. The number of carbonyl (C=O) groups is 3. The molecule has 2 aliphatic heterocycles. The fraction of sp³-hybridized carbons (Fsp3) is 0.263. The fourth-order valence-corrected chi connectivity index (χ4v) is 3.83. The summed E-state index contributed by atoms with van der Waals surface area (Å²) in [5.41, 5.74) is 3.35. The van der Waals surface area contributed by atoms with Crippen LogP contribution in [0.25, 0.3) is 17.1 Å². The van der Waals surface area contributed by atoms with Crippen LogP contribution in [0.4, 0.5) is 0 Å². The number of fused-ring (bicyclic) bond motifs is 1. The Morgan fingerprint density at radius 1 is 1.14 bits per heavy atom. The van der Waals surface area contributed by atoms with E-state index in [0.29, 0.717) is 23.4 Å². The molecule has 2 aliphatic rings. The quantitative estimate of drug-likeness (QED) is 0.648. The monoisotopic (exact) mass is 391 g/mol. The molecule has 10 nitrogen and oxygen atoms in total. The van der Waals surface area contributed by atoms with Gasteiger partial charge in [0, 0.05) is 37.3 Å². The van der Waals surface area contributed by atoms with Crippen molar-refractivity contribution in [1.29, 1.82) is 0 Å². The Kier molecular flexibility index (Phi) is 3.79. The molecule has 1 saturated heterocycles. The van der Waals surface area contributed by atoms with Gasteiger partial charge in [-0.1, -0.05) is 11.3 Å². The third-order valence-corrected chi connectivity index (χ3v) is 5.27. The Morgan fingerprint density at radius 3 is 2.76 bits per heavy atom. The molecule has 3 amide bonds. The predicted octanol–water partition coefficient (Wildman–Crippen LogP) is 0.429. The molecule has 0 saturated carbocycles. The second-order valence-corrected chi connectivity index (χ2v) is 7.13. The van der Waals surface area contributed by atoms with Gasteiger partial charge in [0.15, 0.2) is 0 Å². The molecule has 0 radical (unpaired) electrons. The van der Waals surface area contributed by atoms with Crippen LogP contribution in [-0.4, -0.2) is 53.4 Å². The smallest absolute Gasteiger partial charge is 0.255 e. The van der Waals surface area contributed by atoms with Gasteiger partial charge in [0.2, 0.25) is 11.8 Å². The number of carbonyl (C=O) groups excluding carboxylic acids is 3. The summed E-state index contributed by atoms with van der Waals surface area (Å²) in [7, 11) is 1.83. The highest BCUT2D eigenvalue weighted by atomic mass is 16.2. The van der Waals surface area contributed by atoms with Gasteiger partial charge in [0.1, 0.15) is 17.4 Å². The lowest BCUT2D eigenvalue weighted by Gasteiger charge is -2.29. The van der Waals surface area contributed by atoms with E-state index in [1.807, 2.05) is 25.4 Å². The number of aromatic nitrogens is 5. The number of hydrogen-bond acceptors (Lipinski definition) is 6. The van der Waals surface area contributed by atoms with Crippen molar-refractivity contribution in [3.8, 4) is 17.1 Å². The SMILES string of the molecule is Cn1ccc(-c2cn(-c3cccc4c3CN(C3CCC(=O)NC3=O)C4=O)nn2)n1. The summed E-state index contributed by atoms with van der Waals surface area (Å²) >= 11 is 0. The number of amides is 3. The van der Waals surface area contributed by atoms with Crippen LogP contribution in [0.5, 0.6) is 0 Å². The second kappa shape index (κ2) is 6.36. The van der Waals surface area contributed by atoms with Crippen LogP contribution in [-0.2, 0) is 23.2 Å². The Labute approximate surface area is 165 Å². The first-order chi connectivity index (χ1) is 14.0. The minimum absolute atomic E-state index is 0.221. The summed E-state index contributed by atoms with van der Waals surface area (Å²) in [6.07, 6.45) is 4.13. The maximum absolute atomic E-state index is 12.9. The molecule has 1 atom stereocenters. The Morgan fingerprint density at radius 2 is 2.00 bits per heavy atom. The molecule has 0 spiro atoms. The van der Waals surface area contributed by atoms with Crippen molar-refractivity contribution in [2.45, 2.75) is 25.4 Å². The van der Waals surface area contributed by atoms with Gasteiger partial charge in [0.05, 0.1) is 11.9 Å². The maximum Gasteiger partial charge on any atom is 0.255 e. The molecule has 0 bridgehead atoms. The Balaban J connectivity index is 1.48. The van der Waals surface area contributed by atoms with Crippen molar-refractivity contribution >= 4 is 17.7 Å². The number of piperidine rings is 1. The standard InChI is InChI=1S/C19H17N7O3/c1-24-8-7-13(22-24)14-10-26(23-21-14)15-4-2-3-11-12(15)9-25(19(11)29)16-5-6-17(27)20-18(16)28/h2-4,7-8,10,16H,5-6,9H2,1H3,(H,20,27,28). The molecule has 5 rings (SSSR count). The molecule has 146 valence electrons. The number of nitrogens with one attached hydrogen (secondary N) is 1. The van der Waals surface area contributed by atoms with E-state index < -0.39 is 11.9 Å². The van der Waals surface area contributed by atoms with Gasteiger partial charge < -0.3 is 4.90 Å². The molecular weight excluding hydrogens is 374 g/mol. The molecule has 4 heterocycles. The van der Waals surface area contributed by atoms with Crippen molar-refractivity contribution in [2.75, 3.05) is 0 Å². The first-order valence-electron chi connectivity index (χ1n) is 9.20. The topological polar surface area (TPSA) is 115 Å². The summed E-state index contributed by atoms with van der Waals surface area (Å²) in [6, 6.07) is 6.57. The van der Waals surface area contributed by atoms with E-state index in [2.05, 4.69) is 20.7 Å². The lowest BCUT2D eigenvalue weighted by Crippen LogP contribution is -2.52. The predicted molar refractivity (Wildman–Crippen MR) is 99.6 cm³/mol. The van der Waals surface area contributed by atoms with Gasteiger partial charge in [-0.05, 0) is 24.6 Å². The molecule has 0 aliphatic carbocycles. The number of imide groups is 1. The largest absolute Gasteiger partial charge is 0.322 e. The van der Waals surface area contributed by atoms with E-state index in [1.165, 1.54) is 4.90 Å². The lowest BCUT2D eigenvalue weighted by molar-refractivity contribution is -0.136. The summed E-state index contributed by atoms with van der Waals surface area (Å²) in [6.45, 7) is 0.273. The number of aryl methyl sites for hydroxylation is 1. The van der Waals surface area contributed by atoms with Crippen LogP contribution in [0.3, 0.4) is 0 Å². The number of hydrogen-bond donors (Lipinski definition) is 1. The third-order valence-electron chi connectivity index (χ3n) is 5.27. The van der Waals surface area contributed by atoms with Gasteiger partial charge in [0.25, 0.3) is 5.91 Å². The van der Waals surface area contributed by atoms with Crippen molar-refractivity contribution in [2.24, 2.45) is 7.05 Å². The normalized spacial score (nSPS) is 18.9. The third kappa shape index (κ3) is 2.80. The molecule has 29 heavy (non-hydrogen) atoms. The zero-order chi connectivity index (χ0) is 20.1. The molecule has 1 unspecified atom stereocenters. The van der Waals surface area contributed by atoms with E-state index in [-0.39, 0.29) is 24.8 Å². The van der Waals surface area contributed by atoms with Crippen LogP contribution in [0.2, 0.25) is 0 Å². The van der Waals surface area contributed by atoms with E-state index in [9.17, 15) is 14.4 Å². The van der Waals surface area contributed by atoms with E-state index >= 15 is 0 Å².